The number of methoxy groups -OCH3 is 2. The van der Waals surface area contributed by atoms with E-state index >= 15 is 0 Å². The summed E-state index contributed by atoms with van der Waals surface area (Å²) in [6.45, 7) is -8.97. The molecule has 0 spiro atoms. The van der Waals surface area contributed by atoms with Crippen molar-refractivity contribution in [2.75, 3.05) is 65.7 Å². The summed E-state index contributed by atoms with van der Waals surface area (Å²) >= 11 is 12.5. The fraction of sp³-hybridized carbons (Fsp3) is 0.385. The number of pyridine rings is 1. The van der Waals surface area contributed by atoms with Gasteiger partial charge in [0.1, 0.15) is 11.8 Å². The van der Waals surface area contributed by atoms with Gasteiger partial charge in [-0.1, -0.05) is 23.2 Å². The van der Waals surface area contributed by atoms with E-state index < -0.39 is 26.4 Å². The van der Waals surface area contributed by atoms with Gasteiger partial charge in [0, 0.05) is 66.0 Å². The number of nitrogens with zero attached hydrogens (tertiary/aromatic N) is 4. The van der Waals surface area contributed by atoms with Crippen molar-refractivity contribution in [3.63, 3.8) is 0 Å². The molecule has 0 saturated carbocycles. The molecular weight excluding hydrogens is 501 g/mol. The Bertz CT molecular complexity index is 1630. The lowest BCUT2D eigenvalue weighted by atomic mass is 10.1. The topological polar surface area (TPSA) is 82.9 Å². The third kappa shape index (κ3) is 5.88. The fourth-order valence-electron chi connectivity index (χ4n) is 3.58. The number of aromatic nitrogens is 1. The van der Waals surface area contributed by atoms with Gasteiger partial charge in [0.2, 0.25) is 0 Å². The molecule has 0 radical (unpaired) electrons. The van der Waals surface area contributed by atoms with Crippen LogP contribution in [-0.2, 0) is 0 Å². The highest BCUT2D eigenvalue weighted by molar-refractivity contribution is 6.37. The number of piperazine rings is 1. The van der Waals surface area contributed by atoms with Crippen molar-refractivity contribution in [2.24, 2.45) is 0 Å². The number of benzene rings is 2. The summed E-state index contributed by atoms with van der Waals surface area (Å²) in [5.74, 6) is -0.0192. The van der Waals surface area contributed by atoms with E-state index in [4.69, 9.17) is 49.7 Å². The second-order valence-electron chi connectivity index (χ2n) is 7.69. The van der Waals surface area contributed by atoms with Crippen LogP contribution in [0.15, 0.2) is 30.5 Å². The van der Waals surface area contributed by atoms with Crippen LogP contribution in [-0.4, -0.2) is 75.2 Å². The predicted octanol–water partition coefficient (Wildman–Crippen LogP) is 5.19. The van der Waals surface area contributed by atoms with Crippen LogP contribution in [0, 0.1) is 11.3 Å². The van der Waals surface area contributed by atoms with Crippen molar-refractivity contribution in [2.45, 2.75) is 6.37 Å². The van der Waals surface area contributed by atoms with Gasteiger partial charge < -0.3 is 29.3 Å². The number of hydrogen-bond acceptors (Lipinski definition) is 8. The van der Waals surface area contributed by atoms with Gasteiger partial charge in [0.25, 0.3) is 0 Å². The van der Waals surface area contributed by atoms with Crippen molar-refractivity contribution < 1.29 is 26.5 Å². The summed E-state index contributed by atoms with van der Waals surface area (Å²) < 4.78 is 90.2. The molecule has 0 unspecified atom stereocenters. The molecule has 1 saturated heterocycles. The maximum atomic E-state index is 9.81. The summed E-state index contributed by atoms with van der Waals surface area (Å²) in [6.07, 6.45) is -2.00. The van der Waals surface area contributed by atoms with Crippen molar-refractivity contribution in [3.8, 4) is 23.3 Å². The zero-order valence-corrected chi connectivity index (χ0v) is 21.0. The Morgan fingerprint density at radius 3 is 2.56 bits per heavy atom. The molecule has 4 rings (SSSR count). The normalized spacial score (nSPS) is 19.7. The molecule has 10 heteroatoms. The van der Waals surface area contributed by atoms with Crippen molar-refractivity contribution in [1.29, 1.82) is 5.26 Å². The van der Waals surface area contributed by atoms with Gasteiger partial charge >= 0.3 is 0 Å². The Hall–Kier alpha value is -2.96. The number of likely N-dealkylation sites (N-methyl/N-ethyl adjacent to an activating group) is 1. The Morgan fingerprint density at radius 2 is 1.86 bits per heavy atom. The molecule has 8 nitrogen and oxygen atoms in total. The Balaban J connectivity index is 1.70. The summed E-state index contributed by atoms with van der Waals surface area (Å²) in [6, 6.07) is 7.75. The van der Waals surface area contributed by atoms with Crippen LogP contribution in [0.5, 0.6) is 17.2 Å². The van der Waals surface area contributed by atoms with Crippen LogP contribution in [0.3, 0.4) is 0 Å². The van der Waals surface area contributed by atoms with E-state index in [0.717, 1.165) is 4.90 Å². The number of nitriles is 1. The summed E-state index contributed by atoms with van der Waals surface area (Å²) in [5, 5.41) is 13.7. The number of nitrogens with one attached hydrogen (secondary N) is 1. The first-order valence-electron chi connectivity index (χ1n) is 15.3. The summed E-state index contributed by atoms with van der Waals surface area (Å²) in [5.41, 5.74) is 0.948. The number of rotatable bonds is 9. The molecule has 190 valence electrons. The average molecular weight is 540 g/mol. The van der Waals surface area contributed by atoms with Crippen LogP contribution in [0.2, 0.25) is 10.0 Å². The molecule has 2 aromatic carbocycles. The van der Waals surface area contributed by atoms with Gasteiger partial charge in [0.05, 0.1) is 56.0 Å². The predicted molar refractivity (Wildman–Crippen MR) is 143 cm³/mol. The minimum Gasteiger partial charge on any atom is -0.495 e. The Morgan fingerprint density at radius 1 is 1.08 bits per heavy atom. The number of ether oxygens (including phenoxy) is 3. The standard InChI is InChI=1S/C26H29Cl2N5O3/c1-32-6-8-33(9-7-32)5-4-10-36-25-13-21-18(11-24(25)35-3)26(17(15-29)16-30-21)31-22-14-23(34-2)20(28)12-19(22)27/h11-14,16H,4-10H2,1-3H3,(H,30,31)/i1D3,4D2,5D2,10D2. The van der Waals surface area contributed by atoms with E-state index in [1.165, 1.54) is 43.5 Å². The molecule has 3 aromatic rings. The molecule has 0 atom stereocenters. The highest BCUT2D eigenvalue weighted by Gasteiger charge is 2.17. The minimum absolute atomic E-state index is 0.0603. The van der Waals surface area contributed by atoms with Gasteiger partial charge in [0.15, 0.2) is 11.5 Å². The molecule has 0 bridgehead atoms. The minimum atomic E-state index is -3.27. The smallest absolute Gasteiger partial charge is 0.163 e. The lowest BCUT2D eigenvalue weighted by molar-refractivity contribution is 0.145. The van der Waals surface area contributed by atoms with Crippen molar-refractivity contribution >= 4 is 45.5 Å². The van der Waals surface area contributed by atoms with E-state index in [0.29, 0.717) is 16.8 Å². The number of fused-ring (bicyclic) bond motifs is 1. The lowest BCUT2D eigenvalue weighted by Crippen LogP contribution is -2.44. The van der Waals surface area contributed by atoms with Gasteiger partial charge in [-0.3, -0.25) is 4.98 Å². The zero-order chi connectivity index (χ0) is 33.5. The van der Waals surface area contributed by atoms with Gasteiger partial charge in [-0.2, -0.15) is 5.26 Å². The lowest BCUT2D eigenvalue weighted by Gasteiger charge is -2.32. The van der Waals surface area contributed by atoms with E-state index in [1.54, 1.807) is 6.07 Å². The monoisotopic (exact) mass is 538 g/mol. The van der Waals surface area contributed by atoms with Crippen LogP contribution in [0.4, 0.5) is 11.4 Å². The second-order valence-corrected chi connectivity index (χ2v) is 8.50. The molecule has 1 aliphatic heterocycles. The highest BCUT2D eigenvalue weighted by Crippen LogP contribution is 2.40. The van der Waals surface area contributed by atoms with Crippen LogP contribution < -0.4 is 19.5 Å². The van der Waals surface area contributed by atoms with Gasteiger partial charge in [-0.15, -0.1) is 0 Å². The average Bonchev–Trinajstić information content (AvgIpc) is 2.97. The fourth-order valence-corrected chi connectivity index (χ4v) is 4.08. The third-order valence-corrected chi connectivity index (χ3v) is 6.09. The maximum Gasteiger partial charge on any atom is 0.163 e. The molecule has 1 aromatic heterocycles. The quantitative estimate of drug-likeness (QED) is 0.398. The van der Waals surface area contributed by atoms with E-state index in [9.17, 15) is 5.26 Å². The first-order valence-corrected chi connectivity index (χ1v) is 11.5. The largest absolute Gasteiger partial charge is 0.495 e. The second kappa shape index (κ2) is 11.8. The molecular formula is C26H29Cl2N5O3. The molecule has 36 heavy (non-hydrogen) atoms. The zero-order valence-electron chi connectivity index (χ0n) is 28.5. The first-order chi connectivity index (χ1) is 20.9. The molecule has 1 fully saturated rings. The third-order valence-electron chi connectivity index (χ3n) is 5.48. The summed E-state index contributed by atoms with van der Waals surface area (Å²) in [7, 11) is 2.71. The van der Waals surface area contributed by atoms with E-state index in [1.807, 2.05) is 6.07 Å². The molecule has 0 amide bonds. The number of halogens is 2. The van der Waals surface area contributed by atoms with E-state index in [2.05, 4.69) is 10.3 Å². The number of hydrogen-bond donors (Lipinski definition) is 1. The Kier molecular flexibility index (Phi) is 5.50. The summed E-state index contributed by atoms with van der Waals surface area (Å²) in [4.78, 5) is 6.51. The van der Waals surface area contributed by atoms with Crippen LogP contribution in [0.25, 0.3) is 10.9 Å². The molecule has 2 heterocycles. The van der Waals surface area contributed by atoms with Gasteiger partial charge in [-0.05, 0) is 25.5 Å². The Labute approximate surface area is 233 Å². The highest BCUT2D eigenvalue weighted by atomic mass is 35.5. The van der Waals surface area contributed by atoms with Crippen LogP contribution in [0.1, 0.15) is 24.3 Å². The first kappa shape index (κ1) is 16.7. The maximum absolute atomic E-state index is 9.81. The van der Waals surface area contributed by atoms with Crippen molar-refractivity contribution in [3.05, 3.63) is 46.1 Å². The van der Waals surface area contributed by atoms with Gasteiger partial charge in [-0.25, -0.2) is 0 Å². The van der Waals surface area contributed by atoms with Crippen molar-refractivity contribution in [1.82, 2.24) is 14.8 Å². The molecule has 1 N–H and O–H groups in total. The van der Waals surface area contributed by atoms with Crippen LogP contribution >= 0.6 is 23.2 Å². The SMILES string of the molecule is [2H]C([2H])([2H])N1CCN(C([2H])([2H])C([2H])([2H])C([2H])([2H])Oc2cc3ncc(C#N)c(Nc4cc(OC)c(Cl)cc4Cl)c3cc2OC)CC1. The number of anilines is 2. The van der Waals surface area contributed by atoms with E-state index in [-0.39, 0.29) is 64.5 Å². The molecule has 0 aliphatic carbocycles. The molecule has 1 aliphatic rings.